The standard InChI is InChI=1S/C11H18N2O2/c1-11(7-14,8-15)13-10-4-2-9(6-12)3-5-10/h2-5,13-15H,6-8,12H2,1H3. The van der Waals surface area contributed by atoms with Crippen LogP contribution in [0.1, 0.15) is 12.5 Å². The van der Waals surface area contributed by atoms with Gasteiger partial charge in [0.15, 0.2) is 0 Å². The Morgan fingerprint density at radius 3 is 2.13 bits per heavy atom. The van der Waals surface area contributed by atoms with E-state index in [2.05, 4.69) is 5.32 Å². The first-order valence-corrected chi connectivity index (χ1v) is 4.92. The van der Waals surface area contributed by atoms with Crippen molar-refractivity contribution in [2.24, 2.45) is 5.73 Å². The van der Waals surface area contributed by atoms with Crippen molar-refractivity contribution in [1.82, 2.24) is 0 Å². The van der Waals surface area contributed by atoms with Crippen molar-refractivity contribution >= 4 is 5.69 Å². The lowest BCUT2D eigenvalue weighted by molar-refractivity contribution is 0.147. The van der Waals surface area contributed by atoms with Gasteiger partial charge >= 0.3 is 0 Å². The zero-order chi connectivity index (χ0) is 11.3. The Morgan fingerprint density at radius 1 is 1.20 bits per heavy atom. The molecule has 0 aliphatic heterocycles. The molecule has 84 valence electrons. The van der Waals surface area contributed by atoms with Gasteiger partial charge in [-0.3, -0.25) is 0 Å². The molecule has 0 aliphatic rings. The van der Waals surface area contributed by atoms with Gasteiger partial charge in [-0.15, -0.1) is 0 Å². The van der Waals surface area contributed by atoms with E-state index >= 15 is 0 Å². The molecule has 0 amide bonds. The Balaban J connectivity index is 2.71. The highest BCUT2D eigenvalue weighted by Gasteiger charge is 2.21. The monoisotopic (exact) mass is 210 g/mol. The molecule has 0 fully saturated rings. The van der Waals surface area contributed by atoms with Crippen LogP contribution in [0.15, 0.2) is 24.3 Å². The number of hydrogen-bond donors (Lipinski definition) is 4. The third-order valence-electron chi connectivity index (χ3n) is 2.33. The highest BCUT2D eigenvalue weighted by atomic mass is 16.3. The summed E-state index contributed by atoms with van der Waals surface area (Å²) in [6, 6.07) is 7.59. The molecular weight excluding hydrogens is 192 g/mol. The summed E-state index contributed by atoms with van der Waals surface area (Å²) < 4.78 is 0. The quantitative estimate of drug-likeness (QED) is 0.563. The van der Waals surface area contributed by atoms with Gasteiger partial charge in [0.1, 0.15) is 0 Å². The molecular formula is C11H18N2O2. The molecule has 4 heteroatoms. The molecule has 0 heterocycles. The minimum Gasteiger partial charge on any atom is -0.394 e. The molecule has 1 rings (SSSR count). The van der Waals surface area contributed by atoms with E-state index in [0.717, 1.165) is 11.3 Å². The second-order valence-electron chi connectivity index (χ2n) is 3.90. The number of nitrogens with two attached hydrogens (primary N) is 1. The van der Waals surface area contributed by atoms with Crippen LogP contribution in [-0.2, 0) is 6.54 Å². The molecule has 0 spiro atoms. The normalized spacial score (nSPS) is 11.5. The molecule has 0 atom stereocenters. The van der Waals surface area contributed by atoms with Crippen molar-refractivity contribution < 1.29 is 10.2 Å². The van der Waals surface area contributed by atoms with Gasteiger partial charge in [-0.05, 0) is 24.6 Å². The minimum absolute atomic E-state index is 0.123. The van der Waals surface area contributed by atoms with Crippen LogP contribution < -0.4 is 11.1 Å². The predicted molar refractivity (Wildman–Crippen MR) is 60.5 cm³/mol. The first-order valence-electron chi connectivity index (χ1n) is 4.92. The maximum atomic E-state index is 9.10. The summed E-state index contributed by atoms with van der Waals surface area (Å²) in [6.07, 6.45) is 0. The predicted octanol–water partition coefficient (Wildman–Crippen LogP) is 0.300. The smallest absolute Gasteiger partial charge is 0.0806 e. The van der Waals surface area contributed by atoms with Crippen molar-refractivity contribution in [3.63, 3.8) is 0 Å². The van der Waals surface area contributed by atoms with E-state index in [1.165, 1.54) is 0 Å². The van der Waals surface area contributed by atoms with E-state index in [4.69, 9.17) is 15.9 Å². The number of nitrogens with one attached hydrogen (secondary N) is 1. The molecule has 4 nitrogen and oxygen atoms in total. The first kappa shape index (κ1) is 12.0. The second-order valence-corrected chi connectivity index (χ2v) is 3.90. The van der Waals surface area contributed by atoms with E-state index in [9.17, 15) is 0 Å². The summed E-state index contributed by atoms with van der Waals surface area (Å²) in [5, 5.41) is 21.3. The Hall–Kier alpha value is -1.10. The highest BCUT2D eigenvalue weighted by molar-refractivity contribution is 5.46. The fourth-order valence-corrected chi connectivity index (χ4v) is 1.20. The fourth-order valence-electron chi connectivity index (χ4n) is 1.20. The number of hydrogen-bond acceptors (Lipinski definition) is 4. The number of benzene rings is 1. The molecule has 0 aromatic heterocycles. The van der Waals surface area contributed by atoms with Gasteiger partial charge in [-0.1, -0.05) is 12.1 Å². The summed E-state index contributed by atoms with van der Waals surface area (Å²) >= 11 is 0. The molecule has 0 radical (unpaired) electrons. The van der Waals surface area contributed by atoms with Gasteiger partial charge in [0.05, 0.1) is 18.8 Å². The summed E-state index contributed by atoms with van der Waals surface area (Å²) in [4.78, 5) is 0. The van der Waals surface area contributed by atoms with E-state index in [0.29, 0.717) is 6.54 Å². The van der Waals surface area contributed by atoms with Crippen LogP contribution in [0, 0.1) is 0 Å². The number of rotatable bonds is 5. The Labute approximate surface area is 89.7 Å². The lowest BCUT2D eigenvalue weighted by Crippen LogP contribution is -2.42. The van der Waals surface area contributed by atoms with Crippen LogP contribution in [0.4, 0.5) is 5.69 Å². The van der Waals surface area contributed by atoms with E-state index in [-0.39, 0.29) is 13.2 Å². The van der Waals surface area contributed by atoms with Crippen LogP contribution in [0.3, 0.4) is 0 Å². The highest BCUT2D eigenvalue weighted by Crippen LogP contribution is 2.15. The van der Waals surface area contributed by atoms with Gasteiger partial charge in [0.25, 0.3) is 0 Å². The molecule has 1 aromatic rings. The average Bonchev–Trinajstić information content (AvgIpc) is 2.30. The maximum absolute atomic E-state index is 9.10. The van der Waals surface area contributed by atoms with Crippen LogP contribution >= 0.6 is 0 Å². The van der Waals surface area contributed by atoms with E-state index in [1.807, 2.05) is 24.3 Å². The lowest BCUT2D eigenvalue weighted by Gasteiger charge is -2.27. The second kappa shape index (κ2) is 5.11. The van der Waals surface area contributed by atoms with Crippen molar-refractivity contribution in [2.45, 2.75) is 19.0 Å². The van der Waals surface area contributed by atoms with Gasteiger partial charge < -0.3 is 21.3 Å². The van der Waals surface area contributed by atoms with Crippen LogP contribution in [0.5, 0.6) is 0 Å². The summed E-state index contributed by atoms with van der Waals surface area (Å²) in [6.45, 7) is 2.02. The Morgan fingerprint density at radius 2 is 1.73 bits per heavy atom. The molecule has 5 N–H and O–H groups in total. The van der Waals surface area contributed by atoms with Crippen LogP contribution in [0.2, 0.25) is 0 Å². The van der Waals surface area contributed by atoms with Gasteiger partial charge in [0, 0.05) is 12.2 Å². The SMILES string of the molecule is CC(CO)(CO)Nc1ccc(CN)cc1. The summed E-state index contributed by atoms with van der Waals surface area (Å²) in [7, 11) is 0. The molecule has 15 heavy (non-hydrogen) atoms. The van der Waals surface area contributed by atoms with Crippen molar-refractivity contribution in [1.29, 1.82) is 0 Å². The van der Waals surface area contributed by atoms with E-state index < -0.39 is 5.54 Å². The zero-order valence-electron chi connectivity index (χ0n) is 8.90. The van der Waals surface area contributed by atoms with Gasteiger partial charge in [-0.25, -0.2) is 0 Å². The van der Waals surface area contributed by atoms with Crippen molar-refractivity contribution in [3.8, 4) is 0 Å². The van der Waals surface area contributed by atoms with Gasteiger partial charge in [-0.2, -0.15) is 0 Å². The average molecular weight is 210 g/mol. The number of aliphatic hydroxyl groups is 2. The Bertz CT molecular complexity index is 294. The zero-order valence-corrected chi connectivity index (χ0v) is 8.90. The molecule has 0 saturated heterocycles. The van der Waals surface area contributed by atoms with Crippen molar-refractivity contribution in [3.05, 3.63) is 29.8 Å². The molecule has 0 aliphatic carbocycles. The maximum Gasteiger partial charge on any atom is 0.0806 e. The van der Waals surface area contributed by atoms with Crippen LogP contribution in [-0.4, -0.2) is 29.0 Å². The number of aliphatic hydroxyl groups excluding tert-OH is 2. The minimum atomic E-state index is -0.690. The fraction of sp³-hybridized carbons (Fsp3) is 0.455. The summed E-state index contributed by atoms with van der Waals surface area (Å²) in [5.74, 6) is 0. The van der Waals surface area contributed by atoms with Crippen LogP contribution in [0.25, 0.3) is 0 Å². The summed E-state index contributed by atoms with van der Waals surface area (Å²) in [5.41, 5.74) is 6.70. The third kappa shape index (κ3) is 3.20. The topological polar surface area (TPSA) is 78.5 Å². The molecule has 0 unspecified atom stereocenters. The van der Waals surface area contributed by atoms with Gasteiger partial charge in [0.2, 0.25) is 0 Å². The molecule has 1 aromatic carbocycles. The number of anilines is 1. The largest absolute Gasteiger partial charge is 0.394 e. The van der Waals surface area contributed by atoms with E-state index in [1.54, 1.807) is 6.92 Å². The molecule has 0 saturated carbocycles. The first-order chi connectivity index (χ1) is 7.13. The Kier molecular flexibility index (Phi) is 4.08. The third-order valence-corrected chi connectivity index (χ3v) is 2.33. The lowest BCUT2D eigenvalue weighted by atomic mass is 10.0. The van der Waals surface area contributed by atoms with Crippen molar-refractivity contribution in [2.75, 3.05) is 18.5 Å². The molecule has 0 bridgehead atoms.